The zero-order valence-corrected chi connectivity index (χ0v) is 16.3. The smallest absolute Gasteiger partial charge is 0.228 e. The van der Waals surface area contributed by atoms with Gasteiger partial charge in [-0.1, -0.05) is 30.3 Å². The lowest BCUT2D eigenvalue weighted by molar-refractivity contribution is -0.117. The molecule has 6 heteroatoms. The van der Waals surface area contributed by atoms with Crippen molar-refractivity contribution in [1.29, 1.82) is 0 Å². The van der Waals surface area contributed by atoms with Crippen molar-refractivity contribution in [2.24, 2.45) is 5.92 Å². The Hall–Kier alpha value is -2.73. The van der Waals surface area contributed by atoms with Gasteiger partial charge in [-0.2, -0.15) is 0 Å². The van der Waals surface area contributed by atoms with Gasteiger partial charge in [-0.05, 0) is 55.4 Å². The van der Waals surface area contributed by atoms with Crippen molar-refractivity contribution >= 4 is 23.2 Å². The van der Waals surface area contributed by atoms with Crippen molar-refractivity contribution in [3.05, 3.63) is 59.9 Å². The van der Waals surface area contributed by atoms with E-state index in [9.17, 15) is 14.0 Å². The zero-order chi connectivity index (χ0) is 20.2. The number of carbonyl (C=O) groups excluding carboxylic acids is 2. The SMILES string of the molecule is O=C(CC1CC2CCC(C1)N2)Nc1ccc(F)c(NC(=O)Cc2ccccc2)c1. The molecule has 0 radical (unpaired) electrons. The second-order valence-corrected chi connectivity index (χ2v) is 8.13. The number of hydrogen-bond donors (Lipinski definition) is 3. The minimum atomic E-state index is -0.528. The molecule has 2 bridgehead atoms. The monoisotopic (exact) mass is 395 g/mol. The molecule has 2 fully saturated rings. The first-order valence-electron chi connectivity index (χ1n) is 10.2. The number of amides is 2. The van der Waals surface area contributed by atoms with E-state index < -0.39 is 5.82 Å². The lowest BCUT2D eigenvalue weighted by Gasteiger charge is -2.28. The van der Waals surface area contributed by atoms with Crippen LogP contribution in [0.5, 0.6) is 0 Å². The van der Waals surface area contributed by atoms with Gasteiger partial charge < -0.3 is 16.0 Å². The number of anilines is 2. The van der Waals surface area contributed by atoms with E-state index in [1.54, 1.807) is 0 Å². The Labute approximate surface area is 170 Å². The van der Waals surface area contributed by atoms with Crippen LogP contribution in [0.25, 0.3) is 0 Å². The molecule has 2 unspecified atom stereocenters. The lowest BCUT2D eigenvalue weighted by atomic mass is 9.89. The number of fused-ring (bicyclic) bond motifs is 2. The molecule has 0 aromatic heterocycles. The Morgan fingerprint density at radius 1 is 0.966 bits per heavy atom. The predicted octanol–water partition coefficient (Wildman–Crippen LogP) is 3.87. The number of nitrogens with one attached hydrogen (secondary N) is 3. The minimum Gasteiger partial charge on any atom is -0.326 e. The number of carbonyl (C=O) groups is 2. The van der Waals surface area contributed by atoms with Gasteiger partial charge in [0.25, 0.3) is 0 Å². The van der Waals surface area contributed by atoms with Gasteiger partial charge in [0, 0.05) is 24.2 Å². The summed E-state index contributed by atoms with van der Waals surface area (Å²) in [5, 5.41) is 9.03. The van der Waals surface area contributed by atoms with Gasteiger partial charge in [0.2, 0.25) is 11.8 Å². The first kappa shape index (κ1) is 19.6. The van der Waals surface area contributed by atoms with Gasteiger partial charge in [0.1, 0.15) is 5.82 Å². The van der Waals surface area contributed by atoms with Crippen LogP contribution in [-0.2, 0) is 16.0 Å². The summed E-state index contributed by atoms with van der Waals surface area (Å²) in [7, 11) is 0. The van der Waals surface area contributed by atoms with E-state index in [1.807, 2.05) is 30.3 Å². The summed E-state index contributed by atoms with van der Waals surface area (Å²) in [5.41, 5.74) is 1.41. The molecular weight excluding hydrogens is 369 g/mol. The highest BCUT2D eigenvalue weighted by atomic mass is 19.1. The molecule has 2 heterocycles. The number of hydrogen-bond acceptors (Lipinski definition) is 3. The Morgan fingerprint density at radius 3 is 2.41 bits per heavy atom. The second kappa shape index (κ2) is 8.74. The third-order valence-electron chi connectivity index (χ3n) is 5.78. The Balaban J connectivity index is 1.33. The average molecular weight is 395 g/mol. The Kier molecular flexibility index (Phi) is 5.90. The van der Waals surface area contributed by atoms with Crippen LogP contribution in [0.2, 0.25) is 0 Å². The summed E-state index contributed by atoms with van der Waals surface area (Å²) in [6.07, 6.45) is 5.11. The van der Waals surface area contributed by atoms with Gasteiger partial charge in [0.15, 0.2) is 0 Å². The molecule has 29 heavy (non-hydrogen) atoms. The summed E-state index contributed by atoms with van der Waals surface area (Å²) < 4.78 is 14.1. The standard InChI is InChI=1S/C23H26FN3O2/c24-20-9-8-19(14-21(20)27-23(29)12-15-4-2-1-3-5-15)26-22(28)13-16-10-17-6-7-18(11-16)25-17/h1-5,8-9,14,16-18,25H,6-7,10-13H2,(H,26,28)(H,27,29). The summed E-state index contributed by atoms with van der Waals surface area (Å²) in [4.78, 5) is 24.7. The maximum atomic E-state index is 14.1. The van der Waals surface area contributed by atoms with Crippen molar-refractivity contribution in [3.8, 4) is 0 Å². The number of rotatable bonds is 6. The van der Waals surface area contributed by atoms with Gasteiger partial charge >= 0.3 is 0 Å². The van der Waals surface area contributed by atoms with Crippen LogP contribution in [0.1, 0.15) is 37.7 Å². The fourth-order valence-corrected chi connectivity index (χ4v) is 4.49. The molecule has 0 aliphatic carbocycles. The van der Waals surface area contributed by atoms with Crippen molar-refractivity contribution in [2.75, 3.05) is 10.6 Å². The molecule has 2 atom stereocenters. The van der Waals surface area contributed by atoms with E-state index in [2.05, 4.69) is 16.0 Å². The van der Waals surface area contributed by atoms with Crippen molar-refractivity contribution in [2.45, 2.75) is 50.6 Å². The average Bonchev–Trinajstić information content (AvgIpc) is 3.03. The van der Waals surface area contributed by atoms with Crippen LogP contribution in [0.4, 0.5) is 15.8 Å². The molecule has 0 spiro atoms. The Morgan fingerprint density at radius 2 is 1.69 bits per heavy atom. The first-order valence-corrected chi connectivity index (χ1v) is 10.2. The van der Waals surface area contributed by atoms with Crippen LogP contribution < -0.4 is 16.0 Å². The molecule has 2 aromatic rings. The van der Waals surface area contributed by atoms with Crippen molar-refractivity contribution in [1.82, 2.24) is 5.32 Å². The van der Waals surface area contributed by atoms with Crippen LogP contribution >= 0.6 is 0 Å². The van der Waals surface area contributed by atoms with E-state index >= 15 is 0 Å². The van der Waals surface area contributed by atoms with Crippen LogP contribution in [0.3, 0.4) is 0 Å². The van der Waals surface area contributed by atoms with Crippen molar-refractivity contribution < 1.29 is 14.0 Å². The predicted molar refractivity (Wildman–Crippen MR) is 111 cm³/mol. The molecule has 2 saturated heterocycles. The molecule has 2 aromatic carbocycles. The second-order valence-electron chi connectivity index (χ2n) is 8.13. The number of benzene rings is 2. The van der Waals surface area contributed by atoms with Crippen LogP contribution in [-0.4, -0.2) is 23.9 Å². The molecular formula is C23H26FN3O2. The fourth-order valence-electron chi connectivity index (χ4n) is 4.49. The number of halogens is 1. The normalized spacial score (nSPS) is 22.9. The van der Waals surface area contributed by atoms with Crippen molar-refractivity contribution in [3.63, 3.8) is 0 Å². The van der Waals surface area contributed by atoms with Gasteiger partial charge in [-0.3, -0.25) is 9.59 Å². The molecule has 152 valence electrons. The topological polar surface area (TPSA) is 70.2 Å². The highest BCUT2D eigenvalue weighted by molar-refractivity contribution is 5.95. The summed E-state index contributed by atoms with van der Waals surface area (Å²) in [6, 6.07) is 14.6. The van der Waals surface area contributed by atoms with E-state index in [0.29, 0.717) is 30.1 Å². The highest BCUT2D eigenvalue weighted by Crippen LogP contribution is 2.33. The van der Waals surface area contributed by atoms with Gasteiger partial charge in [-0.25, -0.2) is 4.39 Å². The third-order valence-corrected chi connectivity index (χ3v) is 5.78. The summed E-state index contributed by atoms with van der Waals surface area (Å²) in [6.45, 7) is 0. The summed E-state index contributed by atoms with van der Waals surface area (Å²) >= 11 is 0. The quantitative estimate of drug-likeness (QED) is 0.696. The molecule has 0 saturated carbocycles. The van der Waals surface area contributed by atoms with Crippen LogP contribution in [0, 0.1) is 11.7 Å². The lowest BCUT2D eigenvalue weighted by Crippen LogP contribution is -2.39. The van der Waals surface area contributed by atoms with Gasteiger partial charge in [0.05, 0.1) is 12.1 Å². The third kappa shape index (κ3) is 5.21. The largest absolute Gasteiger partial charge is 0.326 e. The molecule has 3 N–H and O–H groups in total. The van der Waals surface area contributed by atoms with E-state index in [1.165, 1.54) is 31.0 Å². The van der Waals surface area contributed by atoms with E-state index in [-0.39, 0.29) is 23.9 Å². The Bertz CT molecular complexity index is 875. The molecule has 2 aliphatic rings. The minimum absolute atomic E-state index is 0.0653. The maximum absolute atomic E-state index is 14.1. The molecule has 5 nitrogen and oxygen atoms in total. The fraction of sp³-hybridized carbons (Fsp3) is 0.391. The maximum Gasteiger partial charge on any atom is 0.228 e. The molecule has 2 amide bonds. The summed E-state index contributed by atoms with van der Waals surface area (Å²) in [5.74, 6) is -0.508. The zero-order valence-electron chi connectivity index (χ0n) is 16.3. The highest BCUT2D eigenvalue weighted by Gasteiger charge is 2.34. The van der Waals surface area contributed by atoms with Crippen LogP contribution in [0.15, 0.2) is 48.5 Å². The van der Waals surface area contributed by atoms with E-state index in [0.717, 1.165) is 18.4 Å². The van der Waals surface area contributed by atoms with E-state index in [4.69, 9.17) is 0 Å². The number of piperidine rings is 1. The first-order chi connectivity index (χ1) is 14.0. The van der Waals surface area contributed by atoms with Gasteiger partial charge in [-0.15, -0.1) is 0 Å². The molecule has 2 aliphatic heterocycles. The molecule has 4 rings (SSSR count).